The van der Waals surface area contributed by atoms with Gasteiger partial charge in [-0.25, -0.2) is 0 Å². The van der Waals surface area contributed by atoms with Crippen LogP contribution in [0.3, 0.4) is 0 Å². The molecule has 0 radical (unpaired) electrons. The van der Waals surface area contributed by atoms with Crippen molar-refractivity contribution in [2.45, 2.75) is 43.3 Å². The van der Waals surface area contributed by atoms with Gasteiger partial charge in [0.2, 0.25) is 5.91 Å². The number of benzene rings is 1. The molecule has 1 rings (SSSR count). The summed E-state index contributed by atoms with van der Waals surface area (Å²) in [5.74, 6) is -0.890. The summed E-state index contributed by atoms with van der Waals surface area (Å²) in [5, 5.41) is 11.5. The number of anilines is 1. The number of nitrogens with one attached hydrogen (secondary N) is 1. The molecule has 0 aliphatic rings. The van der Waals surface area contributed by atoms with Crippen LogP contribution in [0.1, 0.15) is 33.1 Å². The number of para-hydroxylation sites is 1. The van der Waals surface area contributed by atoms with E-state index in [1.807, 2.05) is 25.1 Å². The average Bonchev–Trinajstić information content (AvgIpc) is 2.40. The second-order valence-corrected chi connectivity index (χ2v) is 5.38. The summed E-state index contributed by atoms with van der Waals surface area (Å²) < 4.78 is 0. The van der Waals surface area contributed by atoms with Crippen molar-refractivity contribution in [1.82, 2.24) is 0 Å². The van der Waals surface area contributed by atoms with Gasteiger partial charge in [0, 0.05) is 11.3 Å². The standard InChI is InChI=1S/C14H19NO3S/c1-3-7-12(14(17)18)19-11-9-6-5-8-10(11)15-13(16)4-2/h5-6,8-9,12H,3-4,7H2,1-2H3,(H,15,16)(H,17,18). The summed E-state index contributed by atoms with van der Waals surface area (Å²) >= 11 is 1.29. The third-order valence-corrected chi connectivity index (χ3v) is 3.91. The summed E-state index contributed by atoms with van der Waals surface area (Å²) in [6.45, 7) is 3.74. The first-order chi connectivity index (χ1) is 9.08. The van der Waals surface area contributed by atoms with E-state index in [9.17, 15) is 14.7 Å². The van der Waals surface area contributed by atoms with Crippen LogP contribution in [-0.4, -0.2) is 22.2 Å². The molecule has 0 fully saturated rings. The second kappa shape index (κ2) is 7.84. The number of rotatable bonds is 7. The molecule has 0 heterocycles. The van der Waals surface area contributed by atoms with Crippen LogP contribution in [-0.2, 0) is 9.59 Å². The van der Waals surface area contributed by atoms with E-state index in [2.05, 4.69) is 5.32 Å². The molecular formula is C14H19NO3S. The number of hydrogen-bond donors (Lipinski definition) is 2. The molecule has 1 aromatic carbocycles. The van der Waals surface area contributed by atoms with Gasteiger partial charge in [-0.1, -0.05) is 32.4 Å². The summed E-state index contributed by atoms with van der Waals surface area (Å²) in [6, 6.07) is 7.29. The fourth-order valence-electron chi connectivity index (χ4n) is 1.56. The van der Waals surface area contributed by atoms with E-state index in [4.69, 9.17) is 0 Å². The van der Waals surface area contributed by atoms with Crippen molar-refractivity contribution >= 4 is 29.3 Å². The molecule has 5 heteroatoms. The Morgan fingerprint density at radius 2 is 2.00 bits per heavy atom. The van der Waals surface area contributed by atoms with Gasteiger partial charge in [-0.05, 0) is 18.6 Å². The molecule has 1 amide bonds. The molecule has 2 N–H and O–H groups in total. The van der Waals surface area contributed by atoms with Crippen molar-refractivity contribution in [3.05, 3.63) is 24.3 Å². The number of carboxylic acid groups (broad SMARTS) is 1. The monoisotopic (exact) mass is 281 g/mol. The van der Waals surface area contributed by atoms with Gasteiger partial charge in [-0.3, -0.25) is 9.59 Å². The third kappa shape index (κ3) is 4.95. The van der Waals surface area contributed by atoms with Crippen LogP contribution in [0.4, 0.5) is 5.69 Å². The summed E-state index contributed by atoms with van der Waals surface area (Å²) in [7, 11) is 0. The molecule has 0 bridgehead atoms. The van der Waals surface area contributed by atoms with Crippen molar-refractivity contribution in [3.8, 4) is 0 Å². The minimum absolute atomic E-state index is 0.0737. The number of thioether (sulfide) groups is 1. The fraction of sp³-hybridized carbons (Fsp3) is 0.429. The zero-order valence-corrected chi connectivity index (χ0v) is 12.0. The first-order valence-corrected chi connectivity index (χ1v) is 7.24. The molecule has 1 aromatic rings. The lowest BCUT2D eigenvalue weighted by atomic mass is 10.2. The van der Waals surface area contributed by atoms with Crippen molar-refractivity contribution in [2.75, 3.05) is 5.32 Å². The fourth-order valence-corrected chi connectivity index (χ4v) is 2.72. The van der Waals surface area contributed by atoms with Crippen LogP contribution in [0.25, 0.3) is 0 Å². The van der Waals surface area contributed by atoms with E-state index < -0.39 is 11.2 Å². The Labute approximate surface area is 117 Å². The molecule has 19 heavy (non-hydrogen) atoms. The molecule has 0 aromatic heterocycles. The van der Waals surface area contributed by atoms with Gasteiger partial charge in [0.05, 0.1) is 5.69 Å². The molecule has 0 aliphatic carbocycles. The molecular weight excluding hydrogens is 262 g/mol. The van der Waals surface area contributed by atoms with E-state index in [1.54, 1.807) is 13.0 Å². The van der Waals surface area contributed by atoms with E-state index in [0.717, 1.165) is 11.3 Å². The van der Waals surface area contributed by atoms with E-state index in [-0.39, 0.29) is 5.91 Å². The van der Waals surface area contributed by atoms with Gasteiger partial charge in [-0.15, -0.1) is 11.8 Å². The Morgan fingerprint density at radius 3 is 2.58 bits per heavy atom. The zero-order valence-electron chi connectivity index (χ0n) is 11.2. The van der Waals surface area contributed by atoms with E-state index in [0.29, 0.717) is 18.5 Å². The lowest BCUT2D eigenvalue weighted by Crippen LogP contribution is -2.16. The third-order valence-electron chi connectivity index (χ3n) is 2.58. The van der Waals surface area contributed by atoms with Gasteiger partial charge < -0.3 is 10.4 Å². The molecule has 0 spiro atoms. The van der Waals surface area contributed by atoms with Crippen molar-refractivity contribution in [2.24, 2.45) is 0 Å². The predicted molar refractivity (Wildman–Crippen MR) is 77.6 cm³/mol. The minimum Gasteiger partial charge on any atom is -0.480 e. The predicted octanol–water partition coefficient (Wildman–Crippen LogP) is 3.38. The molecule has 104 valence electrons. The quantitative estimate of drug-likeness (QED) is 0.752. The molecule has 0 saturated carbocycles. The maximum absolute atomic E-state index is 11.4. The zero-order chi connectivity index (χ0) is 14.3. The second-order valence-electron chi connectivity index (χ2n) is 4.13. The number of carbonyl (C=O) groups excluding carboxylic acids is 1. The van der Waals surface area contributed by atoms with Gasteiger partial charge in [0.1, 0.15) is 5.25 Å². The number of carboxylic acids is 1. The topological polar surface area (TPSA) is 66.4 Å². The van der Waals surface area contributed by atoms with E-state index >= 15 is 0 Å². The number of hydrogen-bond acceptors (Lipinski definition) is 3. The van der Waals surface area contributed by atoms with Crippen molar-refractivity contribution in [3.63, 3.8) is 0 Å². The average molecular weight is 281 g/mol. The van der Waals surface area contributed by atoms with Gasteiger partial charge in [-0.2, -0.15) is 0 Å². The summed E-state index contributed by atoms with van der Waals surface area (Å²) in [6.07, 6.45) is 1.82. The first kappa shape index (κ1) is 15.6. The Bertz CT molecular complexity index is 448. The highest BCUT2D eigenvalue weighted by atomic mass is 32.2. The molecule has 1 unspecified atom stereocenters. The van der Waals surface area contributed by atoms with Gasteiger partial charge in [0.25, 0.3) is 0 Å². The number of carbonyl (C=O) groups is 2. The van der Waals surface area contributed by atoms with Crippen LogP contribution < -0.4 is 5.32 Å². The highest BCUT2D eigenvalue weighted by molar-refractivity contribution is 8.00. The van der Waals surface area contributed by atoms with E-state index in [1.165, 1.54) is 11.8 Å². The minimum atomic E-state index is -0.816. The Kier molecular flexibility index (Phi) is 6.42. The summed E-state index contributed by atoms with van der Waals surface area (Å²) in [4.78, 5) is 23.4. The smallest absolute Gasteiger partial charge is 0.316 e. The Balaban J connectivity index is 2.87. The molecule has 0 aliphatic heterocycles. The van der Waals surface area contributed by atoms with Crippen LogP contribution in [0, 0.1) is 0 Å². The van der Waals surface area contributed by atoms with Crippen LogP contribution >= 0.6 is 11.8 Å². The lowest BCUT2D eigenvalue weighted by molar-refractivity contribution is -0.136. The van der Waals surface area contributed by atoms with Crippen LogP contribution in [0.5, 0.6) is 0 Å². The number of aliphatic carboxylic acids is 1. The maximum Gasteiger partial charge on any atom is 0.316 e. The highest BCUT2D eigenvalue weighted by Gasteiger charge is 2.19. The molecule has 0 saturated heterocycles. The highest BCUT2D eigenvalue weighted by Crippen LogP contribution is 2.32. The van der Waals surface area contributed by atoms with Gasteiger partial charge in [0.15, 0.2) is 0 Å². The normalized spacial score (nSPS) is 11.9. The van der Waals surface area contributed by atoms with Crippen LogP contribution in [0.2, 0.25) is 0 Å². The van der Waals surface area contributed by atoms with Crippen molar-refractivity contribution < 1.29 is 14.7 Å². The molecule has 1 atom stereocenters. The first-order valence-electron chi connectivity index (χ1n) is 6.36. The SMILES string of the molecule is CCCC(Sc1ccccc1NC(=O)CC)C(=O)O. The van der Waals surface area contributed by atoms with Crippen molar-refractivity contribution in [1.29, 1.82) is 0 Å². The maximum atomic E-state index is 11.4. The molecule has 4 nitrogen and oxygen atoms in total. The Hall–Kier alpha value is -1.49. The number of amides is 1. The van der Waals surface area contributed by atoms with Gasteiger partial charge >= 0.3 is 5.97 Å². The van der Waals surface area contributed by atoms with Crippen LogP contribution in [0.15, 0.2) is 29.2 Å². The largest absolute Gasteiger partial charge is 0.480 e. The summed E-state index contributed by atoms with van der Waals surface area (Å²) in [5.41, 5.74) is 0.682. The lowest BCUT2D eigenvalue weighted by Gasteiger charge is -2.14. The Morgan fingerprint density at radius 1 is 1.32 bits per heavy atom.